The molecule has 0 amide bonds. The van der Waals surface area contributed by atoms with Crippen molar-refractivity contribution in [3.05, 3.63) is 23.5 Å². The summed E-state index contributed by atoms with van der Waals surface area (Å²) in [6.45, 7) is 6.52. The summed E-state index contributed by atoms with van der Waals surface area (Å²) in [6.07, 6.45) is 5.61. The van der Waals surface area contributed by atoms with Crippen LogP contribution < -0.4 is 0 Å². The van der Waals surface area contributed by atoms with Gasteiger partial charge in [0.05, 0.1) is 6.26 Å². The zero-order valence-corrected chi connectivity index (χ0v) is 7.96. The third-order valence-electron chi connectivity index (χ3n) is 1.42. The minimum Gasteiger partial charge on any atom is -0.437 e. The van der Waals surface area contributed by atoms with Crippen LogP contribution in [0, 0.1) is 0 Å². The molecule has 0 aliphatic rings. The van der Waals surface area contributed by atoms with Crippen molar-refractivity contribution in [3.63, 3.8) is 0 Å². The molecule has 0 aliphatic carbocycles. The average Bonchev–Trinajstić information content (AvgIpc) is 2.00. The van der Waals surface area contributed by atoms with Crippen molar-refractivity contribution in [2.75, 3.05) is 0 Å². The van der Waals surface area contributed by atoms with E-state index in [0.29, 0.717) is 6.47 Å². The van der Waals surface area contributed by atoms with E-state index in [2.05, 4.69) is 24.7 Å². The first kappa shape index (κ1) is 11.0. The van der Waals surface area contributed by atoms with Crippen molar-refractivity contribution in [3.8, 4) is 0 Å². The second-order valence-corrected chi connectivity index (χ2v) is 3.02. The van der Waals surface area contributed by atoms with Crippen molar-refractivity contribution >= 4 is 6.47 Å². The molecule has 0 radical (unpaired) electrons. The predicted molar refractivity (Wildman–Crippen MR) is 49.6 cm³/mol. The number of allylic oxidation sites excluding steroid dienone is 3. The first-order valence-electron chi connectivity index (χ1n) is 4.05. The van der Waals surface area contributed by atoms with Crippen molar-refractivity contribution < 1.29 is 9.53 Å². The molecule has 0 fully saturated rings. The molecule has 0 aromatic heterocycles. The quantitative estimate of drug-likeness (QED) is 0.358. The second-order valence-electron chi connectivity index (χ2n) is 3.02. The molecule has 0 aromatic rings. The molecule has 0 aliphatic heterocycles. The highest BCUT2D eigenvalue weighted by Crippen LogP contribution is 2.05. The maximum Gasteiger partial charge on any atom is 0.297 e. The van der Waals surface area contributed by atoms with Gasteiger partial charge < -0.3 is 4.74 Å². The monoisotopic (exact) mass is 168 g/mol. The molecule has 0 atom stereocenters. The topological polar surface area (TPSA) is 26.3 Å². The molecule has 0 bridgehead atoms. The van der Waals surface area contributed by atoms with Gasteiger partial charge in [-0.3, -0.25) is 4.79 Å². The smallest absolute Gasteiger partial charge is 0.297 e. The predicted octanol–water partition coefficient (Wildman–Crippen LogP) is 2.81. The van der Waals surface area contributed by atoms with Gasteiger partial charge in [0.15, 0.2) is 0 Å². The Morgan fingerprint density at radius 3 is 2.50 bits per heavy atom. The molecule has 68 valence electrons. The molecule has 0 heterocycles. The molecule has 0 N–H and O–H groups in total. The molecule has 0 saturated carbocycles. The zero-order valence-electron chi connectivity index (χ0n) is 7.96. The van der Waals surface area contributed by atoms with E-state index < -0.39 is 0 Å². The number of ether oxygens (including phenoxy) is 1. The van der Waals surface area contributed by atoms with Crippen molar-refractivity contribution in [1.29, 1.82) is 0 Å². The molecule has 2 heteroatoms. The molecule has 0 rings (SSSR count). The Morgan fingerprint density at radius 2 is 2.00 bits per heavy atom. The Balaban J connectivity index is 3.63. The van der Waals surface area contributed by atoms with Gasteiger partial charge in [-0.2, -0.15) is 0 Å². The summed E-state index contributed by atoms with van der Waals surface area (Å²) in [5.41, 5.74) is 2.40. The summed E-state index contributed by atoms with van der Waals surface area (Å²) in [5, 5.41) is 0. The number of hydrogen-bond donors (Lipinski definition) is 0. The lowest BCUT2D eigenvalue weighted by molar-refractivity contribution is -0.123. The summed E-state index contributed by atoms with van der Waals surface area (Å²) >= 11 is 0. The fourth-order valence-corrected chi connectivity index (χ4v) is 0.791. The molecular weight excluding hydrogens is 152 g/mol. The van der Waals surface area contributed by atoms with Crippen LogP contribution in [-0.4, -0.2) is 6.47 Å². The summed E-state index contributed by atoms with van der Waals surface area (Å²) < 4.78 is 4.49. The maximum absolute atomic E-state index is 9.81. The van der Waals surface area contributed by atoms with Crippen LogP contribution in [0.1, 0.15) is 33.6 Å². The number of carbonyl (C=O) groups is 1. The number of carbonyl (C=O) groups excluding carboxylic acids is 1. The van der Waals surface area contributed by atoms with Crippen LogP contribution >= 0.6 is 0 Å². The lowest BCUT2D eigenvalue weighted by Crippen LogP contribution is -1.80. The van der Waals surface area contributed by atoms with Crippen LogP contribution in [0.15, 0.2) is 23.5 Å². The molecule has 0 saturated heterocycles. The van der Waals surface area contributed by atoms with E-state index in [0.717, 1.165) is 18.4 Å². The molecule has 12 heavy (non-hydrogen) atoms. The minimum atomic E-state index is 0.435. The fraction of sp³-hybridized carbons (Fsp3) is 0.500. The minimum absolute atomic E-state index is 0.435. The highest BCUT2D eigenvalue weighted by molar-refractivity contribution is 5.38. The van der Waals surface area contributed by atoms with Gasteiger partial charge in [0.25, 0.3) is 6.47 Å². The SMILES string of the molecule is CC(C)=CCC/C(C)=C/OC=O. The third-order valence-corrected chi connectivity index (χ3v) is 1.42. The summed E-state index contributed by atoms with van der Waals surface area (Å²) in [5.74, 6) is 0. The highest BCUT2D eigenvalue weighted by atomic mass is 16.5. The highest BCUT2D eigenvalue weighted by Gasteiger charge is 1.88. The van der Waals surface area contributed by atoms with E-state index in [4.69, 9.17) is 0 Å². The van der Waals surface area contributed by atoms with Gasteiger partial charge in [-0.05, 0) is 39.2 Å². The van der Waals surface area contributed by atoms with Gasteiger partial charge in [0, 0.05) is 0 Å². The standard InChI is InChI=1S/C10H16O2/c1-9(2)5-4-6-10(3)7-12-8-11/h5,7-8H,4,6H2,1-3H3/b10-7+. The average molecular weight is 168 g/mol. The van der Waals surface area contributed by atoms with Gasteiger partial charge in [-0.15, -0.1) is 0 Å². The van der Waals surface area contributed by atoms with Gasteiger partial charge in [0.1, 0.15) is 0 Å². The van der Waals surface area contributed by atoms with E-state index in [1.54, 1.807) is 0 Å². The first-order valence-corrected chi connectivity index (χ1v) is 4.05. The largest absolute Gasteiger partial charge is 0.437 e. The molecule has 2 nitrogen and oxygen atoms in total. The number of hydrogen-bond acceptors (Lipinski definition) is 2. The normalized spacial score (nSPS) is 10.8. The maximum atomic E-state index is 9.81. The van der Waals surface area contributed by atoms with Crippen molar-refractivity contribution in [2.24, 2.45) is 0 Å². The van der Waals surface area contributed by atoms with Crippen LogP contribution in [0.25, 0.3) is 0 Å². The first-order chi connectivity index (χ1) is 5.66. The van der Waals surface area contributed by atoms with Crippen molar-refractivity contribution in [1.82, 2.24) is 0 Å². The molecular formula is C10H16O2. The van der Waals surface area contributed by atoms with Crippen molar-refractivity contribution in [2.45, 2.75) is 33.6 Å². The summed E-state index contributed by atoms with van der Waals surface area (Å²) in [4.78, 5) is 9.81. The summed E-state index contributed by atoms with van der Waals surface area (Å²) in [6, 6.07) is 0. The number of rotatable bonds is 5. The van der Waals surface area contributed by atoms with E-state index in [1.807, 2.05) is 6.92 Å². The lowest BCUT2D eigenvalue weighted by Gasteiger charge is -1.96. The van der Waals surface area contributed by atoms with Gasteiger partial charge in [-0.25, -0.2) is 0 Å². The zero-order chi connectivity index (χ0) is 9.40. The van der Waals surface area contributed by atoms with Crippen LogP contribution in [-0.2, 0) is 9.53 Å². The Morgan fingerprint density at radius 1 is 1.33 bits per heavy atom. The van der Waals surface area contributed by atoms with Gasteiger partial charge in [-0.1, -0.05) is 11.6 Å². The summed E-state index contributed by atoms with van der Waals surface area (Å²) in [7, 11) is 0. The van der Waals surface area contributed by atoms with E-state index in [9.17, 15) is 4.79 Å². The molecule has 0 aromatic carbocycles. The van der Waals surface area contributed by atoms with Crippen LogP contribution in [0.2, 0.25) is 0 Å². The Labute approximate surface area is 73.9 Å². The van der Waals surface area contributed by atoms with E-state index in [1.165, 1.54) is 11.8 Å². The van der Waals surface area contributed by atoms with Crippen LogP contribution in [0.5, 0.6) is 0 Å². The lowest BCUT2D eigenvalue weighted by atomic mass is 10.1. The van der Waals surface area contributed by atoms with Gasteiger partial charge >= 0.3 is 0 Å². The fourth-order valence-electron chi connectivity index (χ4n) is 0.791. The van der Waals surface area contributed by atoms with E-state index >= 15 is 0 Å². The Bertz CT molecular complexity index is 186. The van der Waals surface area contributed by atoms with E-state index in [-0.39, 0.29) is 0 Å². The second kappa shape index (κ2) is 6.65. The molecule has 0 spiro atoms. The van der Waals surface area contributed by atoms with Gasteiger partial charge in [0.2, 0.25) is 0 Å². The van der Waals surface area contributed by atoms with Crippen LogP contribution in [0.4, 0.5) is 0 Å². The Hall–Kier alpha value is -1.05. The Kier molecular flexibility index (Phi) is 6.07. The van der Waals surface area contributed by atoms with Crippen LogP contribution in [0.3, 0.4) is 0 Å². The third kappa shape index (κ3) is 7.06. The molecule has 0 unspecified atom stereocenters.